The fourth-order valence-electron chi connectivity index (χ4n) is 1.52. The summed E-state index contributed by atoms with van der Waals surface area (Å²) in [4.78, 5) is 15.7. The van der Waals surface area contributed by atoms with Crippen molar-refractivity contribution in [3.63, 3.8) is 0 Å². The second-order valence-electron chi connectivity index (χ2n) is 4.95. The second kappa shape index (κ2) is 7.03. The monoisotopic (exact) mass is 252 g/mol. The predicted molar refractivity (Wildman–Crippen MR) is 72.4 cm³/mol. The lowest BCUT2D eigenvalue weighted by Crippen LogP contribution is -2.43. The van der Waals surface area contributed by atoms with Gasteiger partial charge in [-0.1, -0.05) is 13.8 Å². The van der Waals surface area contributed by atoms with Gasteiger partial charge < -0.3 is 15.2 Å². The van der Waals surface area contributed by atoms with E-state index in [4.69, 9.17) is 0 Å². The molecule has 0 fully saturated rings. The quantitative estimate of drug-likeness (QED) is 0.760. The van der Waals surface area contributed by atoms with Crippen LogP contribution < -0.4 is 10.6 Å². The average Bonchev–Trinajstić information content (AvgIpc) is 2.70. The van der Waals surface area contributed by atoms with Crippen LogP contribution >= 0.6 is 0 Å². The Morgan fingerprint density at radius 2 is 2.17 bits per heavy atom. The summed E-state index contributed by atoms with van der Waals surface area (Å²) < 4.78 is 2.08. The molecule has 1 heterocycles. The maximum absolute atomic E-state index is 11.5. The van der Waals surface area contributed by atoms with Crippen LogP contribution in [0.4, 0.5) is 4.79 Å². The van der Waals surface area contributed by atoms with Gasteiger partial charge >= 0.3 is 6.03 Å². The Morgan fingerprint density at radius 3 is 2.72 bits per heavy atom. The third-order valence-corrected chi connectivity index (χ3v) is 3.14. The number of nitrogens with zero attached hydrogens (tertiary/aromatic N) is 2. The van der Waals surface area contributed by atoms with Gasteiger partial charge in [-0.25, -0.2) is 9.78 Å². The van der Waals surface area contributed by atoms with E-state index >= 15 is 0 Å². The van der Waals surface area contributed by atoms with Crippen molar-refractivity contribution < 1.29 is 4.79 Å². The van der Waals surface area contributed by atoms with Crippen molar-refractivity contribution in [3.05, 3.63) is 18.2 Å². The van der Waals surface area contributed by atoms with E-state index in [1.165, 1.54) is 0 Å². The fraction of sp³-hybridized carbons (Fsp3) is 0.692. The first-order chi connectivity index (χ1) is 8.50. The van der Waals surface area contributed by atoms with Crippen LogP contribution in [0.15, 0.2) is 12.4 Å². The van der Waals surface area contributed by atoms with Gasteiger partial charge in [0.05, 0.1) is 0 Å². The second-order valence-corrected chi connectivity index (χ2v) is 4.95. The molecule has 1 aromatic rings. The molecule has 0 saturated heterocycles. The molecule has 5 heteroatoms. The van der Waals surface area contributed by atoms with Gasteiger partial charge in [0.2, 0.25) is 0 Å². The molecule has 0 aliphatic carbocycles. The Hall–Kier alpha value is -1.52. The van der Waals surface area contributed by atoms with Gasteiger partial charge in [-0.15, -0.1) is 0 Å². The van der Waals surface area contributed by atoms with E-state index in [1.807, 2.05) is 20.0 Å². The number of aryl methyl sites for hydroxylation is 2. The molecule has 0 aliphatic heterocycles. The third-order valence-electron chi connectivity index (χ3n) is 3.14. The molecular formula is C13H24N4O. The molecular weight excluding hydrogens is 228 g/mol. The lowest BCUT2D eigenvalue weighted by atomic mass is 10.1. The van der Waals surface area contributed by atoms with Crippen LogP contribution in [0.1, 0.15) is 33.0 Å². The largest absolute Gasteiger partial charge is 0.338 e. The zero-order chi connectivity index (χ0) is 13.5. The maximum atomic E-state index is 11.5. The van der Waals surface area contributed by atoms with Crippen LogP contribution in [-0.4, -0.2) is 28.2 Å². The molecule has 0 saturated carbocycles. The molecule has 0 aliphatic rings. The Labute approximate surface area is 109 Å². The molecule has 5 nitrogen and oxygen atoms in total. The van der Waals surface area contributed by atoms with Crippen LogP contribution in [-0.2, 0) is 6.54 Å². The standard InChI is InChI=1S/C13H24N4O/c1-10(2)11(3)16-13(18)15-6-5-8-17-9-7-14-12(17)4/h7,9-11H,5-6,8H2,1-4H3,(H2,15,16,18). The smallest absolute Gasteiger partial charge is 0.315 e. The molecule has 102 valence electrons. The number of imidazole rings is 1. The summed E-state index contributed by atoms with van der Waals surface area (Å²) in [7, 11) is 0. The van der Waals surface area contributed by atoms with E-state index in [-0.39, 0.29) is 12.1 Å². The number of carbonyl (C=O) groups is 1. The molecule has 1 atom stereocenters. The highest BCUT2D eigenvalue weighted by Gasteiger charge is 2.09. The first-order valence-corrected chi connectivity index (χ1v) is 6.52. The number of aromatic nitrogens is 2. The number of hydrogen-bond donors (Lipinski definition) is 2. The Kier molecular flexibility index (Phi) is 5.68. The van der Waals surface area contributed by atoms with Gasteiger partial charge in [-0.3, -0.25) is 0 Å². The van der Waals surface area contributed by atoms with Crippen LogP contribution in [0.25, 0.3) is 0 Å². The fourth-order valence-corrected chi connectivity index (χ4v) is 1.52. The summed E-state index contributed by atoms with van der Waals surface area (Å²) in [6, 6.07) is 0.111. The van der Waals surface area contributed by atoms with E-state index in [9.17, 15) is 4.79 Å². The summed E-state index contributed by atoms with van der Waals surface area (Å²) in [5.74, 6) is 1.46. The minimum Gasteiger partial charge on any atom is -0.338 e. The summed E-state index contributed by atoms with van der Waals surface area (Å²) in [5.41, 5.74) is 0. The summed E-state index contributed by atoms with van der Waals surface area (Å²) in [5, 5.41) is 5.78. The SMILES string of the molecule is Cc1nccn1CCCNC(=O)NC(C)C(C)C. The molecule has 0 aromatic carbocycles. The number of nitrogens with one attached hydrogen (secondary N) is 2. The van der Waals surface area contributed by atoms with Gasteiger partial charge in [-0.05, 0) is 26.2 Å². The Balaban J connectivity index is 2.14. The molecule has 2 amide bonds. The van der Waals surface area contributed by atoms with E-state index < -0.39 is 0 Å². The van der Waals surface area contributed by atoms with Gasteiger partial charge in [-0.2, -0.15) is 0 Å². The van der Waals surface area contributed by atoms with Crippen molar-refractivity contribution in [3.8, 4) is 0 Å². The molecule has 0 spiro atoms. The molecule has 0 radical (unpaired) electrons. The molecule has 1 aromatic heterocycles. The van der Waals surface area contributed by atoms with E-state index in [0.717, 1.165) is 18.8 Å². The zero-order valence-electron chi connectivity index (χ0n) is 11.7. The van der Waals surface area contributed by atoms with Crippen LogP contribution in [0.5, 0.6) is 0 Å². The first-order valence-electron chi connectivity index (χ1n) is 6.52. The van der Waals surface area contributed by atoms with Crippen LogP contribution in [0, 0.1) is 12.8 Å². The van der Waals surface area contributed by atoms with Crippen LogP contribution in [0.3, 0.4) is 0 Å². The van der Waals surface area contributed by atoms with Gasteiger partial charge in [0.25, 0.3) is 0 Å². The molecule has 1 rings (SSSR count). The number of hydrogen-bond acceptors (Lipinski definition) is 2. The highest BCUT2D eigenvalue weighted by Crippen LogP contribution is 1.99. The molecule has 2 N–H and O–H groups in total. The first kappa shape index (κ1) is 14.5. The topological polar surface area (TPSA) is 59.0 Å². The van der Waals surface area contributed by atoms with Gasteiger partial charge in [0.15, 0.2) is 0 Å². The molecule has 18 heavy (non-hydrogen) atoms. The predicted octanol–water partition coefficient (Wildman–Crippen LogP) is 1.93. The number of urea groups is 1. The third kappa shape index (κ3) is 4.77. The Bertz CT molecular complexity index is 373. The van der Waals surface area contributed by atoms with E-state index in [0.29, 0.717) is 12.5 Å². The number of amides is 2. The lowest BCUT2D eigenvalue weighted by molar-refractivity contribution is 0.234. The maximum Gasteiger partial charge on any atom is 0.315 e. The van der Waals surface area contributed by atoms with Gasteiger partial charge in [0.1, 0.15) is 5.82 Å². The van der Waals surface area contributed by atoms with Crippen molar-refractivity contribution in [1.29, 1.82) is 0 Å². The van der Waals surface area contributed by atoms with E-state index in [1.54, 1.807) is 6.20 Å². The summed E-state index contributed by atoms with van der Waals surface area (Å²) in [6.07, 6.45) is 4.65. The van der Waals surface area contributed by atoms with E-state index in [2.05, 4.69) is 34.0 Å². The lowest BCUT2D eigenvalue weighted by Gasteiger charge is -2.17. The van der Waals surface area contributed by atoms with Gasteiger partial charge in [0, 0.05) is 31.5 Å². The van der Waals surface area contributed by atoms with Crippen molar-refractivity contribution in [1.82, 2.24) is 20.2 Å². The van der Waals surface area contributed by atoms with Crippen molar-refractivity contribution in [2.75, 3.05) is 6.54 Å². The van der Waals surface area contributed by atoms with Crippen LogP contribution in [0.2, 0.25) is 0 Å². The summed E-state index contributed by atoms with van der Waals surface area (Å²) in [6.45, 7) is 9.73. The zero-order valence-corrected chi connectivity index (χ0v) is 11.7. The molecule has 1 unspecified atom stereocenters. The minimum absolute atomic E-state index is 0.0847. The Morgan fingerprint density at radius 1 is 1.44 bits per heavy atom. The highest BCUT2D eigenvalue weighted by atomic mass is 16.2. The average molecular weight is 252 g/mol. The van der Waals surface area contributed by atoms with Crippen molar-refractivity contribution in [2.24, 2.45) is 5.92 Å². The highest BCUT2D eigenvalue weighted by molar-refractivity contribution is 5.74. The number of rotatable bonds is 6. The number of carbonyl (C=O) groups excluding carboxylic acids is 1. The van der Waals surface area contributed by atoms with Crippen molar-refractivity contribution >= 4 is 6.03 Å². The molecule has 0 bridgehead atoms. The van der Waals surface area contributed by atoms with Crippen molar-refractivity contribution in [2.45, 2.75) is 46.7 Å². The minimum atomic E-state index is -0.0847. The summed E-state index contributed by atoms with van der Waals surface area (Å²) >= 11 is 0. The normalized spacial score (nSPS) is 12.5.